The second kappa shape index (κ2) is 5.38. The van der Waals surface area contributed by atoms with E-state index in [4.69, 9.17) is 10.8 Å². The standard InChI is InChI=1S/C10H14N2O6S2/c1-19(15,16)12(20(2,17)18)8-5-3-4-7(6-8)9(11)10(13)14/h3-6,9H,11H2,1-2H3,(H,13,14)/t9-/m1/s1. The summed E-state index contributed by atoms with van der Waals surface area (Å²) in [5, 5.41) is 8.81. The third kappa shape index (κ3) is 3.68. The Hall–Kier alpha value is -1.65. The van der Waals surface area contributed by atoms with Crippen molar-refractivity contribution in [2.45, 2.75) is 6.04 Å². The largest absolute Gasteiger partial charge is 0.480 e. The number of rotatable bonds is 5. The number of aliphatic carboxylic acids is 1. The molecule has 0 amide bonds. The van der Waals surface area contributed by atoms with E-state index in [0.717, 1.165) is 18.6 Å². The molecule has 0 heterocycles. The number of hydrogen-bond acceptors (Lipinski definition) is 6. The van der Waals surface area contributed by atoms with E-state index in [1.807, 2.05) is 0 Å². The number of carboxylic acids is 1. The van der Waals surface area contributed by atoms with Crippen molar-refractivity contribution in [1.29, 1.82) is 0 Å². The van der Waals surface area contributed by atoms with Crippen LogP contribution in [-0.4, -0.2) is 40.4 Å². The zero-order valence-electron chi connectivity index (χ0n) is 10.7. The van der Waals surface area contributed by atoms with Gasteiger partial charge in [0, 0.05) is 0 Å². The van der Waals surface area contributed by atoms with Gasteiger partial charge in [0.1, 0.15) is 6.04 Å². The van der Waals surface area contributed by atoms with Crippen LogP contribution in [-0.2, 0) is 24.8 Å². The van der Waals surface area contributed by atoms with E-state index in [9.17, 15) is 21.6 Å². The van der Waals surface area contributed by atoms with Gasteiger partial charge < -0.3 is 10.8 Å². The van der Waals surface area contributed by atoms with Gasteiger partial charge in [-0.15, -0.1) is 0 Å². The highest BCUT2D eigenvalue weighted by molar-refractivity contribution is 8.09. The van der Waals surface area contributed by atoms with E-state index in [1.54, 1.807) is 0 Å². The van der Waals surface area contributed by atoms with Crippen molar-refractivity contribution in [2.75, 3.05) is 16.2 Å². The van der Waals surface area contributed by atoms with Gasteiger partial charge in [0.2, 0.25) is 20.0 Å². The first-order valence-electron chi connectivity index (χ1n) is 5.23. The summed E-state index contributed by atoms with van der Waals surface area (Å²) in [5.41, 5.74) is 5.31. The molecule has 10 heteroatoms. The molecule has 0 fully saturated rings. The predicted molar refractivity (Wildman–Crippen MR) is 73.2 cm³/mol. The molecule has 1 aromatic rings. The summed E-state index contributed by atoms with van der Waals surface area (Å²) in [6.07, 6.45) is 1.47. The average Bonchev–Trinajstić information content (AvgIpc) is 2.24. The minimum absolute atomic E-state index is 0.0901. The molecule has 0 spiro atoms. The fourth-order valence-corrected chi connectivity index (χ4v) is 4.56. The number of anilines is 1. The molecule has 0 aromatic heterocycles. The first-order chi connectivity index (χ1) is 8.94. The first kappa shape index (κ1) is 16.4. The van der Waals surface area contributed by atoms with Gasteiger partial charge in [0.15, 0.2) is 0 Å². The van der Waals surface area contributed by atoms with Crippen molar-refractivity contribution < 1.29 is 26.7 Å². The van der Waals surface area contributed by atoms with Crippen molar-refractivity contribution in [3.63, 3.8) is 0 Å². The van der Waals surface area contributed by atoms with E-state index in [1.165, 1.54) is 18.2 Å². The van der Waals surface area contributed by atoms with Crippen molar-refractivity contribution >= 4 is 31.7 Å². The lowest BCUT2D eigenvalue weighted by Crippen LogP contribution is -2.35. The Morgan fingerprint density at radius 2 is 1.70 bits per heavy atom. The van der Waals surface area contributed by atoms with Gasteiger partial charge in [-0.05, 0) is 17.7 Å². The molecular weight excluding hydrogens is 308 g/mol. The third-order valence-electron chi connectivity index (χ3n) is 2.31. The molecule has 1 rings (SSSR count). The highest BCUT2D eigenvalue weighted by atomic mass is 32.3. The van der Waals surface area contributed by atoms with Crippen molar-refractivity contribution in [2.24, 2.45) is 5.73 Å². The summed E-state index contributed by atoms with van der Waals surface area (Å²) in [7, 11) is -8.16. The van der Waals surface area contributed by atoms with Gasteiger partial charge in [-0.1, -0.05) is 12.1 Å². The van der Waals surface area contributed by atoms with Crippen LogP contribution in [0.2, 0.25) is 0 Å². The molecule has 0 saturated heterocycles. The van der Waals surface area contributed by atoms with Crippen LogP contribution in [0.1, 0.15) is 11.6 Å². The maximum absolute atomic E-state index is 11.6. The Bertz CT molecular complexity index is 694. The molecule has 0 aliphatic carbocycles. The van der Waals surface area contributed by atoms with Crippen LogP contribution in [0.3, 0.4) is 0 Å². The first-order valence-corrected chi connectivity index (χ1v) is 8.93. The molecule has 0 radical (unpaired) electrons. The number of nitrogens with zero attached hydrogens (tertiary/aromatic N) is 1. The molecule has 112 valence electrons. The number of hydrogen-bond donors (Lipinski definition) is 2. The quantitative estimate of drug-likeness (QED) is 0.745. The van der Waals surface area contributed by atoms with Gasteiger partial charge in [0.05, 0.1) is 18.2 Å². The Labute approximate surface area is 116 Å². The molecule has 1 atom stereocenters. The second-order valence-electron chi connectivity index (χ2n) is 4.13. The topological polar surface area (TPSA) is 135 Å². The monoisotopic (exact) mass is 322 g/mol. The van der Waals surface area contributed by atoms with Crippen molar-refractivity contribution in [3.8, 4) is 0 Å². The predicted octanol–water partition coefficient (Wildman–Crippen LogP) is -0.503. The number of benzene rings is 1. The summed E-state index contributed by atoms with van der Waals surface area (Å²) in [6.45, 7) is 0. The molecule has 0 aliphatic heterocycles. The molecule has 20 heavy (non-hydrogen) atoms. The van der Waals surface area contributed by atoms with Crippen LogP contribution in [0.15, 0.2) is 24.3 Å². The lowest BCUT2D eigenvalue weighted by Gasteiger charge is -2.20. The Kier molecular flexibility index (Phi) is 4.42. The maximum atomic E-state index is 11.6. The van der Waals surface area contributed by atoms with Crippen molar-refractivity contribution in [3.05, 3.63) is 29.8 Å². The highest BCUT2D eigenvalue weighted by Gasteiger charge is 2.28. The highest BCUT2D eigenvalue weighted by Crippen LogP contribution is 2.24. The summed E-state index contributed by atoms with van der Waals surface area (Å²) in [6, 6.07) is 3.67. The fraction of sp³-hybridized carbons (Fsp3) is 0.300. The minimum Gasteiger partial charge on any atom is -0.480 e. The van der Waals surface area contributed by atoms with E-state index in [2.05, 4.69) is 0 Å². The minimum atomic E-state index is -4.08. The Morgan fingerprint density at radius 1 is 1.20 bits per heavy atom. The molecular formula is C10H14N2O6S2. The Balaban J connectivity index is 3.46. The molecule has 0 bridgehead atoms. The summed E-state index contributed by atoms with van der Waals surface area (Å²) in [5.74, 6) is -1.31. The SMILES string of the molecule is CS(=O)(=O)N(c1cccc([C@@H](N)C(=O)O)c1)S(C)(=O)=O. The summed E-state index contributed by atoms with van der Waals surface area (Å²) < 4.78 is 46.6. The average molecular weight is 322 g/mol. The van der Waals surface area contributed by atoms with Gasteiger partial charge in [-0.3, -0.25) is 4.79 Å². The number of sulfonamides is 2. The van der Waals surface area contributed by atoms with E-state index in [-0.39, 0.29) is 15.0 Å². The van der Waals surface area contributed by atoms with Gasteiger partial charge in [-0.2, -0.15) is 3.71 Å². The van der Waals surface area contributed by atoms with E-state index >= 15 is 0 Å². The number of carboxylic acid groups (broad SMARTS) is 1. The van der Waals surface area contributed by atoms with Gasteiger partial charge in [0.25, 0.3) is 0 Å². The second-order valence-corrected chi connectivity index (χ2v) is 8.03. The van der Waals surface area contributed by atoms with Crippen LogP contribution in [0.25, 0.3) is 0 Å². The number of nitrogens with two attached hydrogens (primary N) is 1. The lowest BCUT2D eigenvalue weighted by molar-refractivity contribution is -0.138. The third-order valence-corrected chi connectivity index (χ3v) is 5.56. The summed E-state index contributed by atoms with van der Waals surface area (Å²) in [4.78, 5) is 10.8. The van der Waals surface area contributed by atoms with Crippen LogP contribution < -0.4 is 9.44 Å². The molecule has 1 aromatic carbocycles. The molecule has 0 aliphatic rings. The van der Waals surface area contributed by atoms with Crippen LogP contribution >= 0.6 is 0 Å². The van der Waals surface area contributed by atoms with Crippen LogP contribution in [0.4, 0.5) is 5.69 Å². The van der Waals surface area contributed by atoms with Crippen LogP contribution in [0.5, 0.6) is 0 Å². The fourth-order valence-electron chi connectivity index (χ4n) is 1.60. The van der Waals surface area contributed by atoms with Crippen LogP contribution in [0, 0.1) is 0 Å². The maximum Gasteiger partial charge on any atom is 0.325 e. The number of carbonyl (C=O) groups is 1. The zero-order valence-corrected chi connectivity index (χ0v) is 12.3. The van der Waals surface area contributed by atoms with Crippen molar-refractivity contribution in [1.82, 2.24) is 0 Å². The summed E-state index contributed by atoms with van der Waals surface area (Å²) >= 11 is 0. The normalized spacial score (nSPS) is 13.8. The Morgan fingerprint density at radius 3 is 2.10 bits per heavy atom. The van der Waals surface area contributed by atoms with E-state index < -0.39 is 32.1 Å². The zero-order chi connectivity index (χ0) is 15.7. The lowest BCUT2D eigenvalue weighted by atomic mass is 10.1. The smallest absolute Gasteiger partial charge is 0.325 e. The van der Waals surface area contributed by atoms with Gasteiger partial charge in [-0.25, -0.2) is 16.8 Å². The molecule has 3 N–H and O–H groups in total. The van der Waals surface area contributed by atoms with E-state index in [0.29, 0.717) is 0 Å². The molecule has 0 saturated carbocycles. The molecule has 8 nitrogen and oxygen atoms in total. The van der Waals surface area contributed by atoms with Gasteiger partial charge >= 0.3 is 5.97 Å². The molecule has 0 unspecified atom stereocenters.